The van der Waals surface area contributed by atoms with E-state index >= 15 is 0 Å². The van der Waals surface area contributed by atoms with E-state index in [4.69, 9.17) is 4.74 Å². The van der Waals surface area contributed by atoms with Crippen LogP contribution in [-0.4, -0.2) is 63.9 Å². The summed E-state index contributed by atoms with van der Waals surface area (Å²) in [6.07, 6.45) is 0.704. The lowest BCUT2D eigenvalue weighted by molar-refractivity contribution is 0.0934. The first-order valence-corrected chi connectivity index (χ1v) is 12.4. The number of rotatable bonds is 7. The minimum Gasteiger partial charge on any atom is -0.496 e. The number of ether oxygens (including phenoxy) is 1. The second-order valence-corrected chi connectivity index (χ2v) is 10.3. The fourth-order valence-corrected chi connectivity index (χ4v) is 5.41. The van der Waals surface area contributed by atoms with Crippen LogP contribution in [0.25, 0.3) is 0 Å². The number of nitrogens with one attached hydrogen (secondary N) is 1. The second-order valence-electron chi connectivity index (χ2n) is 8.35. The fourth-order valence-electron chi connectivity index (χ4n) is 3.96. The van der Waals surface area contributed by atoms with Crippen LogP contribution in [0.5, 0.6) is 5.75 Å². The largest absolute Gasteiger partial charge is 0.496 e. The average Bonchev–Trinajstić information content (AvgIpc) is 2.77. The molecule has 2 aromatic rings. The van der Waals surface area contributed by atoms with Crippen LogP contribution >= 0.6 is 0 Å². The van der Waals surface area contributed by atoms with Crippen LogP contribution in [-0.2, 0) is 10.0 Å². The summed E-state index contributed by atoms with van der Waals surface area (Å²) < 4.78 is 33.1. The minimum absolute atomic E-state index is 0.158. The molecule has 0 saturated carbocycles. The molecule has 0 spiro atoms. The standard InChI is InChI=1S/C24H33N3O4S/c1-6-22(19-8-10-23(31-5)18(3)15-19)25-24(28)21-16-20(9-7-17(21)2)32(29,30)27-13-11-26(4)12-14-27/h7-10,15-16,22H,6,11-14H2,1-5H3,(H,25,28). The van der Waals surface area contributed by atoms with Gasteiger partial charge in [-0.15, -0.1) is 0 Å². The molecule has 0 aromatic heterocycles. The van der Waals surface area contributed by atoms with Gasteiger partial charge in [-0.25, -0.2) is 8.42 Å². The van der Waals surface area contributed by atoms with Crippen molar-refractivity contribution in [1.82, 2.24) is 14.5 Å². The molecule has 32 heavy (non-hydrogen) atoms. The van der Waals surface area contributed by atoms with Gasteiger partial charge in [0.25, 0.3) is 5.91 Å². The maximum absolute atomic E-state index is 13.2. The Hall–Kier alpha value is -2.42. The van der Waals surface area contributed by atoms with E-state index in [0.717, 1.165) is 22.4 Å². The van der Waals surface area contributed by atoms with E-state index in [-0.39, 0.29) is 16.8 Å². The predicted octanol–water partition coefficient (Wildman–Crippen LogP) is 3.13. The lowest BCUT2D eigenvalue weighted by Gasteiger charge is -2.31. The van der Waals surface area contributed by atoms with Crippen LogP contribution in [0.1, 0.15) is 46.4 Å². The SMILES string of the molecule is CCC(NC(=O)c1cc(S(=O)(=O)N2CCN(C)CC2)ccc1C)c1ccc(OC)c(C)c1. The fraction of sp³-hybridized carbons (Fsp3) is 0.458. The highest BCUT2D eigenvalue weighted by Crippen LogP contribution is 2.26. The van der Waals surface area contributed by atoms with E-state index in [1.54, 1.807) is 19.2 Å². The number of hydrogen-bond donors (Lipinski definition) is 1. The quantitative estimate of drug-likeness (QED) is 0.688. The number of piperazine rings is 1. The molecule has 1 fully saturated rings. The molecule has 1 aliphatic rings. The first-order valence-electron chi connectivity index (χ1n) is 10.9. The van der Waals surface area contributed by atoms with Crippen LogP contribution in [0.3, 0.4) is 0 Å². The molecule has 0 radical (unpaired) electrons. The molecule has 1 amide bonds. The molecule has 3 rings (SSSR count). The van der Waals surface area contributed by atoms with Crippen molar-refractivity contribution in [3.05, 3.63) is 58.7 Å². The van der Waals surface area contributed by atoms with Gasteiger partial charge in [0.1, 0.15) is 5.75 Å². The topological polar surface area (TPSA) is 79.0 Å². The Labute approximate surface area is 191 Å². The number of methoxy groups -OCH3 is 1. The highest BCUT2D eigenvalue weighted by molar-refractivity contribution is 7.89. The molecule has 0 bridgehead atoms. The highest BCUT2D eigenvalue weighted by atomic mass is 32.2. The van der Waals surface area contributed by atoms with Crippen molar-refractivity contribution in [2.24, 2.45) is 0 Å². The minimum atomic E-state index is -3.64. The van der Waals surface area contributed by atoms with Crippen LogP contribution in [0, 0.1) is 13.8 Å². The zero-order valence-electron chi connectivity index (χ0n) is 19.5. The zero-order valence-corrected chi connectivity index (χ0v) is 20.3. The Kier molecular flexibility index (Phi) is 7.59. The van der Waals surface area contributed by atoms with Crippen molar-refractivity contribution in [1.29, 1.82) is 0 Å². The van der Waals surface area contributed by atoms with E-state index in [9.17, 15) is 13.2 Å². The molecule has 0 aliphatic carbocycles. The number of likely N-dealkylation sites (N-methyl/N-ethyl adjacent to an activating group) is 1. The van der Waals surface area contributed by atoms with E-state index in [0.29, 0.717) is 38.2 Å². The van der Waals surface area contributed by atoms with Crippen molar-refractivity contribution >= 4 is 15.9 Å². The summed E-state index contributed by atoms with van der Waals surface area (Å²) in [5.74, 6) is 0.519. The number of carbonyl (C=O) groups is 1. The third-order valence-corrected chi connectivity index (χ3v) is 7.98. The molecule has 1 atom stereocenters. The van der Waals surface area contributed by atoms with Gasteiger partial charge >= 0.3 is 0 Å². The summed E-state index contributed by atoms with van der Waals surface area (Å²) in [7, 11) is -0.0341. The summed E-state index contributed by atoms with van der Waals surface area (Å²) in [6, 6.07) is 10.5. The van der Waals surface area contributed by atoms with E-state index in [2.05, 4.69) is 10.2 Å². The van der Waals surface area contributed by atoms with Gasteiger partial charge in [-0.2, -0.15) is 4.31 Å². The normalized spacial score (nSPS) is 16.5. The van der Waals surface area contributed by atoms with Crippen LogP contribution in [0.4, 0.5) is 0 Å². The third-order valence-electron chi connectivity index (χ3n) is 6.09. The molecule has 1 aliphatic heterocycles. The zero-order chi connectivity index (χ0) is 23.5. The number of nitrogens with zero attached hydrogens (tertiary/aromatic N) is 2. The summed E-state index contributed by atoms with van der Waals surface area (Å²) in [5, 5.41) is 3.07. The van der Waals surface area contributed by atoms with Gasteiger partial charge < -0.3 is 15.0 Å². The number of carbonyl (C=O) groups excluding carboxylic acids is 1. The van der Waals surface area contributed by atoms with Gasteiger partial charge in [-0.05, 0) is 62.2 Å². The van der Waals surface area contributed by atoms with Crippen molar-refractivity contribution < 1.29 is 17.9 Å². The lowest BCUT2D eigenvalue weighted by Crippen LogP contribution is -2.47. The van der Waals surface area contributed by atoms with Gasteiger partial charge in [0.05, 0.1) is 18.0 Å². The summed E-state index contributed by atoms with van der Waals surface area (Å²) >= 11 is 0. The van der Waals surface area contributed by atoms with Gasteiger partial charge in [-0.1, -0.05) is 25.1 Å². The van der Waals surface area contributed by atoms with Crippen molar-refractivity contribution in [3.8, 4) is 5.75 Å². The number of hydrogen-bond acceptors (Lipinski definition) is 5. The number of sulfonamides is 1. The number of amides is 1. The first kappa shape index (κ1) is 24.2. The smallest absolute Gasteiger partial charge is 0.252 e. The Balaban J connectivity index is 1.84. The van der Waals surface area contributed by atoms with Gasteiger partial charge in [-0.3, -0.25) is 4.79 Å². The monoisotopic (exact) mass is 459 g/mol. The lowest BCUT2D eigenvalue weighted by atomic mass is 10.0. The van der Waals surface area contributed by atoms with Crippen LogP contribution in [0.2, 0.25) is 0 Å². The molecule has 1 N–H and O–H groups in total. The molecule has 8 heteroatoms. The van der Waals surface area contributed by atoms with Crippen molar-refractivity contribution in [2.45, 2.75) is 38.1 Å². The van der Waals surface area contributed by atoms with Crippen LogP contribution < -0.4 is 10.1 Å². The van der Waals surface area contributed by atoms with Crippen LogP contribution in [0.15, 0.2) is 41.3 Å². The van der Waals surface area contributed by atoms with Gasteiger partial charge in [0.2, 0.25) is 10.0 Å². The molecule has 1 heterocycles. The molecular weight excluding hydrogens is 426 g/mol. The Bertz CT molecular complexity index is 1080. The third kappa shape index (κ3) is 5.14. The van der Waals surface area contributed by atoms with E-state index in [1.807, 2.05) is 46.0 Å². The highest BCUT2D eigenvalue weighted by Gasteiger charge is 2.28. The summed E-state index contributed by atoms with van der Waals surface area (Å²) in [6.45, 7) is 8.07. The molecular formula is C24H33N3O4S. The Morgan fingerprint density at radius 3 is 2.34 bits per heavy atom. The molecule has 174 valence electrons. The maximum atomic E-state index is 13.2. The molecule has 2 aromatic carbocycles. The Morgan fingerprint density at radius 1 is 1.06 bits per heavy atom. The van der Waals surface area contributed by atoms with Gasteiger partial charge in [0.15, 0.2) is 0 Å². The van der Waals surface area contributed by atoms with Crippen molar-refractivity contribution in [3.63, 3.8) is 0 Å². The van der Waals surface area contributed by atoms with E-state index in [1.165, 1.54) is 10.4 Å². The first-order chi connectivity index (χ1) is 15.2. The number of aryl methyl sites for hydroxylation is 2. The van der Waals surface area contributed by atoms with E-state index < -0.39 is 10.0 Å². The number of benzene rings is 2. The molecule has 1 unspecified atom stereocenters. The predicted molar refractivity (Wildman–Crippen MR) is 126 cm³/mol. The van der Waals surface area contributed by atoms with Crippen molar-refractivity contribution in [2.75, 3.05) is 40.3 Å². The van der Waals surface area contributed by atoms with Gasteiger partial charge in [0, 0.05) is 31.7 Å². The second kappa shape index (κ2) is 10.0. The Morgan fingerprint density at radius 2 is 1.75 bits per heavy atom. The molecule has 7 nitrogen and oxygen atoms in total. The molecule has 1 saturated heterocycles. The average molecular weight is 460 g/mol. The summed E-state index contributed by atoms with van der Waals surface area (Å²) in [5.41, 5.74) is 3.09. The summed E-state index contributed by atoms with van der Waals surface area (Å²) in [4.78, 5) is 15.4. The maximum Gasteiger partial charge on any atom is 0.252 e.